The lowest BCUT2D eigenvalue weighted by molar-refractivity contribution is 0.338. The second-order valence-electron chi connectivity index (χ2n) is 2.92. The molecular formula is C10H8BrN3O. The molecule has 0 aliphatic carbocycles. The second-order valence-corrected chi connectivity index (χ2v) is 3.77. The van der Waals surface area contributed by atoms with Crippen LogP contribution in [0.2, 0.25) is 0 Å². The Morgan fingerprint density at radius 3 is 3.13 bits per heavy atom. The minimum absolute atomic E-state index is 0.546. The standard InChI is InChI=1S/C10H8BrN3O/c1-2-15-8-3-9(11)10-7(4-12)5-13-14(10)6-8/h3,5-6H,2H2,1H3. The molecule has 0 saturated heterocycles. The van der Waals surface area contributed by atoms with Crippen LogP contribution in [-0.2, 0) is 0 Å². The summed E-state index contributed by atoms with van der Waals surface area (Å²) in [5, 5.41) is 12.9. The van der Waals surface area contributed by atoms with Gasteiger partial charge in [0, 0.05) is 4.47 Å². The lowest BCUT2D eigenvalue weighted by Gasteiger charge is -2.04. The van der Waals surface area contributed by atoms with Crippen LogP contribution in [0.1, 0.15) is 12.5 Å². The van der Waals surface area contributed by atoms with Crippen LogP contribution in [0.5, 0.6) is 5.75 Å². The van der Waals surface area contributed by atoms with Crippen molar-refractivity contribution in [3.8, 4) is 11.8 Å². The molecule has 2 rings (SSSR count). The Labute approximate surface area is 95.2 Å². The van der Waals surface area contributed by atoms with Crippen molar-refractivity contribution in [3.05, 3.63) is 28.5 Å². The maximum Gasteiger partial charge on any atom is 0.138 e. The van der Waals surface area contributed by atoms with Gasteiger partial charge in [-0.25, -0.2) is 4.52 Å². The number of rotatable bonds is 2. The number of halogens is 1. The van der Waals surface area contributed by atoms with E-state index in [-0.39, 0.29) is 0 Å². The molecule has 0 N–H and O–H groups in total. The Kier molecular flexibility index (Phi) is 2.60. The van der Waals surface area contributed by atoms with Crippen molar-refractivity contribution in [2.24, 2.45) is 0 Å². The SMILES string of the molecule is CCOc1cc(Br)c2c(C#N)cnn2c1. The first-order valence-electron chi connectivity index (χ1n) is 4.46. The van der Waals surface area contributed by atoms with E-state index in [1.165, 1.54) is 6.20 Å². The fourth-order valence-corrected chi connectivity index (χ4v) is 2.00. The number of hydrogen-bond donors (Lipinski definition) is 0. The minimum Gasteiger partial charge on any atom is -0.492 e. The zero-order valence-electron chi connectivity index (χ0n) is 8.07. The van der Waals surface area contributed by atoms with Crippen LogP contribution >= 0.6 is 15.9 Å². The lowest BCUT2D eigenvalue weighted by atomic mass is 10.3. The number of pyridine rings is 1. The van der Waals surface area contributed by atoms with Gasteiger partial charge >= 0.3 is 0 Å². The van der Waals surface area contributed by atoms with Gasteiger partial charge in [0.1, 0.15) is 11.8 Å². The van der Waals surface area contributed by atoms with Gasteiger partial charge in [-0.05, 0) is 28.9 Å². The van der Waals surface area contributed by atoms with Crippen molar-refractivity contribution >= 4 is 21.4 Å². The molecule has 0 spiro atoms. The van der Waals surface area contributed by atoms with Gasteiger partial charge in [-0.15, -0.1) is 0 Å². The summed E-state index contributed by atoms with van der Waals surface area (Å²) in [5.74, 6) is 0.726. The summed E-state index contributed by atoms with van der Waals surface area (Å²) in [6.07, 6.45) is 3.29. The minimum atomic E-state index is 0.546. The molecule has 0 saturated carbocycles. The third-order valence-electron chi connectivity index (χ3n) is 1.97. The van der Waals surface area contributed by atoms with Gasteiger partial charge in [0.25, 0.3) is 0 Å². The van der Waals surface area contributed by atoms with Gasteiger partial charge in [-0.1, -0.05) is 0 Å². The first-order valence-corrected chi connectivity index (χ1v) is 5.25. The molecule has 0 aromatic carbocycles. The summed E-state index contributed by atoms with van der Waals surface area (Å²) < 4.78 is 7.80. The van der Waals surface area contributed by atoms with Crippen molar-refractivity contribution < 1.29 is 4.74 Å². The summed E-state index contributed by atoms with van der Waals surface area (Å²) in [6.45, 7) is 2.52. The molecule has 0 aliphatic heterocycles. The van der Waals surface area contributed by atoms with E-state index in [1.807, 2.05) is 13.0 Å². The van der Waals surface area contributed by atoms with Crippen LogP contribution in [0, 0.1) is 11.3 Å². The maximum atomic E-state index is 8.87. The molecule has 0 fully saturated rings. The first-order chi connectivity index (χ1) is 7.26. The molecule has 76 valence electrons. The smallest absolute Gasteiger partial charge is 0.138 e. The van der Waals surface area contributed by atoms with Gasteiger partial charge in [-0.3, -0.25) is 0 Å². The first kappa shape index (κ1) is 9.99. The van der Waals surface area contributed by atoms with Crippen LogP contribution in [0.25, 0.3) is 5.52 Å². The molecule has 0 amide bonds. The molecule has 0 radical (unpaired) electrons. The van der Waals surface area contributed by atoms with Gasteiger partial charge in [0.15, 0.2) is 0 Å². The molecular weight excluding hydrogens is 258 g/mol. The van der Waals surface area contributed by atoms with E-state index in [0.29, 0.717) is 12.2 Å². The van der Waals surface area contributed by atoms with Crippen molar-refractivity contribution in [3.63, 3.8) is 0 Å². The van der Waals surface area contributed by atoms with E-state index in [9.17, 15) is 0 Å². The second kappa shape index (κ2) is 3.91. The van der Waals surface area contributed by atoms with E-state index < -0.39 is 0 Å². The van der Waals surface area contributed by atoms with Crippen LogP contribution in [-0.4, -0.2) is 16.2 Å². The highest BCUT2D eigenvalue weighted by Gasteiger charge is 2.09. The monoisotopic (exact) mass is 265 g/mol. The van der Waals surface area contributed by atoms with Crippen LogP contribution in [0.15, 0.2) is 22.9 Å². The predicted molar refractivity (Wildman–Crippen MR) is 58.8 cm³/mol. The normalized spacial score (nSPS) is 10.2. The number of aromatic nitrogens is 2. The summed E-state index contributed by atoms with van der Waals surface area (Å²) in [4.78, 5) is 0. The maximum absolute atomic E-state index is 8.87. The molecule has 2 aromatic heterocycles. The fourth-order valence-electron chi connectivity index (χ4n) is 1.38. The Morgan fingerprint density at radius 1 is 1.67 bits per heavy atom. The number of nitriles is 1. The van der Waals surface area contributed by atoms with E-state index in [2.05, 4.69) is 27.1 Å². The molecule has 0 aliphatic rings. The Morgan fingerprint density at radius 2 is 2.47 bits per heavy atom. The van der Waals surface area contributed by atoms with Crippen molar-refractivity contribution in [1.82, 2.24) is 9.61 Å². The van der Waals surface area contributed by atoms with Gasteiger partial charge < -0.3 is 4.74 Å². The van der Waals surface area contributed by atoms with Gasteiger partial charge in [0.05, 0.1) is 30.1 Å². The average Bonchev–Trinajstić information content (AvgIpc) is 2.61. The molecule has 2 aromatic rings. The summed E-state index contributed by atoms with van der Waals surface area (Å²) in [5.41, 5.74) is 1.31. The van der Waals surface area contributed by atoms with E-state index in [0.717, 1.165) is 15.7 Å². The molecule has 0 bridgehead atoms. The quantitative estimate of drug-likeness (QED) is 0.838. The van der Waals surface area contributed by atoms with Crippen molar-refractivity contribution in [2.75, 3.05) is 6.61 Å². The third-order valence-corrected chi connectivity index (χ3v) is 2.58. The molecule has 2 heterocycles. The summed E-state index contributed by atoms with van der Waals surface area (Å²) >= 11 is 3.40. The van der Waals surface area contributed by atoms with Gasteiger partial charge in [-0.2, -0.15) is 10.4 Å². The highest BCUT2D eigenvalue weighted by molar-refractivity contribution is 9.10. The van der Waals surface area contributed by atoms with Crippen LogP contribution < -0.4 is 4.74 Å². The highest BCUT2D eigenvalue weighted by atomic mass is 79.9. The molecule has 4 nitrogen and oxygen atoms in total. The average molecular weight is 266 g/mol. The highest BCUT2D eigenvalue weighted by Crippen LogP contribution is 2.25. The molecule has 5 heteroatoms. The van der Waals surface area contributed by atoms with Crippen molar-refractivity contribution in [2.45, 2.75) is 6.92 Å². The van der Waals surface area contributed by atoms with E-state index in [1.54, 1.807) is 10.7 Å². The zero-order valence-corrected chi connectivity index (χ0v) is 9.65. The topological polar surface area (TPSA) is 50.3 Å². The summed E-state index contributed by atoms with van der Waals surface area (Å²) in [7, 11) is 0. The van der Waals surface area contributed by atoms with E-state index >= 15 is 0 Å². The number of hydrogen-bond acceptors (Lipinski definition) is 3. The van der Waals surface area contributed by atoms with E-state index in [4.69, 9.17) is 10.00 Å². The fraction of sp³-hybridized carbons (Fsp3) is 0.200. The largest absolute Gasteiger partial charge is 0.492 e. The van der Waals surface area contributed by atoms with Crippen LogP contribution in [0.3, 0.4) is 0 Å². The van der Waals surface area contributed by atoms with Crippen LogP contribution in [0.4, 0.5) is 0 Å². The predicted octanol–water partition coefficient (Wildman–Crippen LogP) is 2.37. The van der Waals surface area contributed by atoms with Crippen molar-refractivity contribution in [1.29, 1.82) is 5.26 Å². The number of nitrogens with zero attached hydrogens (tertiary/aromatic N) is 3. The lowest BCUT2D eigenvalue weighted by Crippen LogP contribution is -1.95. The van der Waals surface area contributed by atoms with Gasteiger partial charge in [0.2, 0.25) is 0 Å². The Hall–Kier alpha value is -1.54. The molecule has 0 atom stereocenters. The summed E-state index contributed by atoms with van der Waals surface area (Å²) in [6, 6.07) is 3.92. The third kappa shape index (κ3) is 1.68. The number of fused-ring (bicyclic) bond motifs is 1. The Balaban J connectivity index is 2.65. The Bertz CT molecular complexity index is 541. The molecule has 0 unspecified atom stereocenters. The number of ether oxygens (including phenoxy) is 1. The molecule has 15 heavy (non-hydrogen) atoms. The zero-order chi connectivity index (χ0) is 10.8.